The molecule has 0 heterocycles. The number of halogens is 1. The van der Waals surface area contributed by atoms with Crippen LogP contribution in [0.5, 0.6) is 0 Å². The Morgan fingerprint density at radius 3 is 2.06 bits per heavy atom. The fourth-order valence-electron chi connectivity index (χ4n) is 3.69. The zero-order chi connectivity index (χ0) is 25.4. The Hall–Kier alpha value is -3.68. The van der Waals surface area contributed by atoms with Crippen molar-refractivity contribution in [1.29, 1.82) is 0 Å². The molecular weight excluding hydrogens is 468 g/mol. The van der Waals surface area contributed by atoms with E-state index in [1.54, 1.807) is 36.2 Å². The normalized spacial score (nSPS) is 11.7. The van der Waals surface area contributed by atoms with Gasteiger partial charge in [0.25, 0.3) is 5.91 Å². The number of hydrogen-bond donors (Lipinski definition) is 2. The number of hydrogen-bond acceptors (Lipinski definition) is 5. The fraction of sp³-hybridized carbons (Fsp3) is 0.222. The van der Waals surface area contributed by atoms with E-state index >= 15 is 0 Å². The Morgan fingerprint density at radius 2 is 1.51 bits per heavy atom. The molecule has 0 unspecified atom stereocenters. The Kier molecular flexibility index (Phi) is 9.00. The fourth-order valence-corrected chi connectivity index (χ4v) is 3.91. The third kappa shape index (κ3) is 7.40. The highest BCUT2D eigenvalue weighted by Crippen LogP contribution is 2.22. The van der Waals surface area contributed by atoms with E-state index in [1.807, 2.05) is 48.5 Å². The number of nitrogens with zero attached hydrogens (tertiary/aromatic N) is 1. The molecular formula is C27H27ClN2O5. The Morgan fingerprint density at radius 1 is 0.943 bits per heavy atom. The molecule has 3 aromatic rings. The van der Waals surface area contributed by atoms with Crippen LogP contribution in [0.1, 0.15) is 21.5 Å². The SMILES string of the molecule is COC(=O)[C@H](Cc1ccc(-c2ccc(CN(C)CC(=O)O)cc2)cc1)NC(=O)c1ccccc1Cl. The number of amides is 1. The molecule has 8 heteroatoms. The molecule has 182 valence electrons. The van der Waals surface area contributed by atoms with E-state index in [0.717, 1.165) is 22.3 Å². The molecule has 2 N–H and O–H groups in total. The molecule has 1 amide bonds. The van der Waals surface area contributed by atoms with E-state index in [0.29, 0.717) is 11.6 Å². The van der Waals surface area contributed by atoms with Gasteiger partial charge in [0.05, 0.1) is 24.2 Å². The van der Waals surface area contributed by atoms with Crippen LogP contribution in [0.15, 0.2) is 72.8 Å². The van der Waals surface area contributed by atoms with Crippen molar-refractivity contribution >= 4 is 29.4 Å². The minimum Gasteiger partial charge on any atom is -0.480 e. The average Bonchev–Trinajstić information content (AvgIpc) is 2.83. The quantitative estimate of drug-likeness (QED) is 0.413. The second-order valence-electron chi connectivity index (χ2n) is 8.19. The van der Waals surface area contributed by atoms with E-state index in [-0.39, 0.29) is 18.5 Å². The Bertz CT molecular complexity index is 1180. The van der Waals surface area contributed by atoms with Crippen LogP contribution in [0.4, 0.5) is 0 Å². The van der Waals surface area contributed by atoms with Crippen LogP contribution in [-0.4, -0.2) is 54.6 Å². The molecule has 3 rings (SSSR count). The third-order valence-electron chi connectivity index (χ3n) is 5.45. The number of esters is 1. The first-order valence-electron chi connectivity index (χ1n) is 11.0. The highest BCUT2D eigenvalue weighted by Gasteiger charge is 2.23. The lowest BCUT2D eigenvalue weighted by atomic mass is 9.99. The Balaban J connectivity index is 1.67. The molecule has 3 aromatic carbocycles. The molecule has 35 heavy (non-hydrogen) atoms. The van der Waals surface area contributed by atoms with Crippen molar-refractivity contribution in [2.45, 2.75) is 19.0 Å². The highest BCUT2D eigenvalue weighted by molar-refractivity contribution is 6.33. The topological polar surface area (TPSA) is 95.9 Å². The maximum Gasteiger partial charge on any atom is 0.328 e. The number of carbonyl (C=O) groups excluding carboxylic acids is 2. The molecule has 1 atom stereocenters. The predicted molar refractivity (Wildman–Crippen MR) is 134 cm³/mol. The van der Waals surface area contributed by atoms with Crippen LogP contribution in [0.2, 0.25) is 5.02 Å². The lowest BCUT2D eigenvalue weighted by Gasteiger charge is -2.17. The predicted octanol–water partition coefficient (Wildman–Crippen LogP) is 4.04. The van der Waals surface area contributed by atoms with Crippen molar-refractivity contribution < 1.29 is 24.2 Å². The van der Waals surface area contributed by atoms with Crippen LogP contribution in [0.3, 0.4) is 0 Å². The number of nitrogens with one attached hydrogen (secondary N) is 1. The smallest absolute Gasteiger partial charge is 0.328 e. The van der Waals surface area contributed by atoms with E-state index < -0.39 is 23.9 Å². The highest BCUT2D eigenvalue weighted by atomic mass is 35.5. The number of ether oxygens (including phenoxy) is 1. The summed E-state index contributed by atoms with van der Waals surface area (Å²) in [6.45, 7) is 0.523. The monoisotopic (exact) mass is 494 g/mol. The first kappa shape index (κ1) is 25.9. The summed E-state index contributed by atoms with van der Waals surface area (Å²) in [4.78, 5) is 37.5. The summed E-state index contributed by atoms with van der Waals surface area (Å²) in [7, 11) is 3.04. The summed E-state index contributed by atoms with van der Waals surface area (Å²) < 4.78 is 4.88. The maximum absolute atomic E-state index is 12.6. The number of carbonyl (C=O) groups is 3. The van der Waals surface area contributed by atoms with Crippen LogP contribution >= 0.6 is 11.6 Å². The first-order valence-corrected chi connectivity index (χ1v) is 11.4. The second-order valence-corrected chi connectivity index (χ2v) is 8.60. The number of aliphatic carboxylic acids is 1. The van der Waals surface area contributed by atoms with Gasteiger partial charge < -0.3 is 15.2 Å². The van der Waals surface area contributed by atoms with E-state index in [1.165, 1.54) is 7.11 Å². The lowest BCUT2D eigenvalue weighted by molar-refractivity contribution is -0.143. The summed E-state index contributed by atoms with van der Waals surface area (Å²) in [5, 5.41) is 11.9. The van der Waals surface area contributed by atoms with Crippen molar-refractivity contribution in [2.75, 3.05) is 20.7 Å². The van der Waals surface area contributed by atoms with Gasteiger partial charge in [0.15, 0.2) is 0 Å². The van der Waals surface area contributed by atoms with Gasteiger partial charge in [0.2, 0.25) is 0 Å². The number of methoxy groups -OCH3 is 1. The van der Waals surface area contributed by atoms with Gasteiger partial charge in [-0.3, -0.25) is 14.5 Å². The molecule has 0 spiro atoms. The van der Waals surface area contributed by atoms with Gasteiger partial charge in [-0.1, -0.05) is 72.3 Å². The number of carboxylic acids is 1. The zero-order valence-corrected chi connectivity index (χ0v) is 20.3. The van der Waals surface area contributed by atoms with Crippen molar-refractivity contribution in [3.8, 4) is 11.1 Å². The maximum atomic E-state index is 12.6. The van der Waals surface area contributed by atoms with E-state index in [9.17, 15) is 14.4 Å². The van der Waals surface area contributed by atoms with Crippen molar-refractivity contribution in [1.82, 2.24) is 10.2 Å². The van der Waals surface area contributed by atoms with Gasteiger partial charge in [-0.25, -0.2) is 4.79 Å². The lowest BCUT2D eigenvalue weighted by Crippen LogP contribution is -2.43. The number of rotatable bonds is 10. The van der Waals surface area contributed by atoms with Crippen LogP contribution in [0, 0.1) is 0 Å². The van der Waals surface area contributed by atoms with Gasteiger partial charge in [0, 0.05) is 13.0 Å². The molecule has 0 aromatic heterocycles. The summed E-state index contributed by atoms with van der Waals surface area (Å²) in [5.41, 5.74) is 4.17. The van der Waals surface area contributed by atoms with Gasteiger partial charge in [-0.15, -0.1) is 0 Å². The van der Waals surface area contributed by atoms with Crippen molar-refractivity contribution in [2.24, 2.45) is 0 Å². The summed E-state index contributed by atoms with van der Waals surface area (Å²) in [6, 6.07) is 21.4. The first-order chi connectivity index (χ1) is 16.8. The minimum atomic E-state index is -0.864. The molecule has 7 nitrogen and oxygen atoms in total. The number of likely N-dealkylation sites (N-methyl/N-ethyl adjacent to an activating group) is 1. The average molecular weight is 495 g/mol. The zero-order valence-electron chi connectivity index (χ0n) is 19.5. The summed E-state index contributed by atoms with van der Waals surface area (Å²) in [5.74, 6) is -1.85. The summed E-state index contributed by atoms with van der Waals surface area (Å²) >= 11 is 6.10. The van der Waals surface area contributed by atoms with Gasteiger partial charge in [0.1, 0.15) is 6.04 Å². The van der Waals surface area contributed by atoms with Gasteiger partial charge in [-0.2, -0.15) is 0 Å². The molecule has 0 radical (unpaired) electrons. The van der Waals surface area contributed by atoms with Crippen LogP contribution in [-0.2, 0) is 27.3 Å². The molecule has 0 aliphatic heterocycles. The third-order valence-corrected chi connectivity index (χ3v) is 5.78. The van der Waals surface area contributed by atoms with E-state index in [4.69, 9.17) is 21.4 Å². The van der Waals surface area contributed by atoms with Gasteiger partial charge >= 0.3 is 11.9 Å². The molecule has 0 saturated carbocycles. The number of carboxylic acid groups (broad SMARTS) is 1. The standard InChI is InChI=1S/C27H27ClN2O5/c1-30(17-25(31)32)16-19-9-13-21(14-10-19)20-11-7-18(8-12-20)15-24(27(34)35-2)29-26(33)22-5-3-4-6-23(22)28/h3-14,24H,15-17H2,1-2H3,(H,29,33)(H,31,32)/t24-/m0/s1. The van der Waals surface area contributed by atoms with Gasteiger partial charge in [-0.05, 0) is 41.4 Å². The second kappa shape index (κ2) is 12.1. The molecule has 0 saturated heterocycles. The van der Waals surface area contributed by atoms with E-state index in [2.05, 4.69) is 5.32 Å². The van der Waals surface area contributed by atoms with Crippen LogP contribution < -0.4 is 5.32 Å². The minimum absolute atomic E-state index is 0.0192. The van der Waals surface area contributed by atoms with Crippen molar-refractivity contribution in [3.05, 3.63) is 94.5 Å². The Labute approximate surface area is 209 Å². The molecule has 0 aliphatic carbocycles. The largest absolute Gasteiger partial charge is 0.480 e. The molecule has 0 aliphatic rings. The van der Waals surface area contributed by atoms with Crippen molar-refractivity contribution in [3.63, 3.8) is 0 Å². The van der Waals surface area contributed by atoms with Crippen LogP contribution in [0.25, 0.3) is 11.1 Å². The summed E-state index contributed by atoms with van der Waals surface area (Å²) in [6.07, 6.45) is 0.262. The number of benzene rings is 3. The molecule has 0 fully saturated rings. The molecule has 0 bridgehead atoms.